The van der Waals surface area contributed by atoms with Gasteiger partial charge in [0.25, 0.3) is 0 Å². The summed E-state index contributed by atoms with van der Waals surface area (Å²) in [5, 5.41) is 0. The quantitative estimate of drug-likeness (QED) is 0.277. The molecule has 156 valence electrons. The minimum Gasteiger partial charge on any atom is -0.374 e. The smallest absolute Gasteiger partial charge is 0.198 e. The number of benzene rings is 1. The number of rotatable bonds is 17. The van der Waals surface area contributed by atoms with E-state index in [9.17, 15) is 14.4 Å². The molecule has 0 saturated heterocycles. The minimum absolute atomic E-state index is 0.0812. The fourth-order valence-electron chi connectivity index (χ4n) is 3.25. The molecule has 0 aromatic heterocycles. The van der Waals surface area contributed by atoms with Crippen LogP contribution in [0.4, 0.5) is 0 Å². The lowest BCUT2D eigenvalue weighted by atomic mass is 9.96. The number of carbonyl (C=O) groups excluding carboxylic acids is 3. The van der Waals surface area contributed by atoms with Gasteiger partial charge in [-0.3, -0.25) is 14.4 Å². The van der Waals surface area contributed by atoms with E-state index in [1.54, 1.807) is 13.8 Å². The molecule has 0 aliphatic heterocycles. The van der Waals surface area contributed by atoms with Crippen molar-refractivity contribution in [1.29, 1.82) is 0 Å². The molecule has 0 spiro atoms. The molecular formula is C24H36O4. The molecule has 0 fully saturated rings. The predicted octanol–water partition coefficient (Wildman–Crippen LogP) is 5.05. The number of hydrogen-bond acceptors (Lipinski definition) is 4. The Labute approximate surface area is 170 Å². The van der Waals surface area contributed by atoms with Crippen molar-refractivity contribution in [3.8, 4) is 0 Å². The van der Waals surface area contributed by atoms with Crippen LogP contribution in [0.5, 0.6) is 0 Å². The number of unbranched alkanes of at least 4 members (excludes halogenated alkanes) is 5. The van der Waals surface area contributed by atoms with Crippen LogP contribution in [0.2, 0.25) is 0 Å². The van der Waals surface area contributed by atoms with E-state index >= 15 is 0 Å². The van der Waals surface area contributed by atoms with Gasteiger partial charge < -0.3 is 4.74 Å². The summed E-state index contributed by atoms with van der Waals surface area (Å²) in [6.45, 7) is 4.18. The normalized spacial score (nSPS) is 10.8. The Balaban J connectivity index is 2.19. The van der Waals surface area contributed by atoms with E-state index in [4.69, 9.17) is 4.74 Å². The summed E-state index contributed by atoms with van der Waals surface area (Å²) in [5.41, 5.74) is 2.83. The Morgan fingerprint density at radius 1 is 0.786 bits per heavy atom. The van der Waals surface area contributed by atoms with Crippen LogP contribution in [0.25, 0.3) is 0 Å². The zero-order chi connectivity index (χ0) is 20.6. The van der Waals surface area contributed by atoms with E-state index in [0.717, 1.165) is 51.4 Å². The lowest BCUT2D eigenvalue weighted by Crippen LogP contribution is -2.11. The van der Waals surface area contributed by atoms with Gasteiger partial charge in [0.05, 0.1) is 0 Å². The molecule has 0 heterocycles. The second kappa shape index (κ2) is 15.2. The highest BCUT2D eigenvalue weighted by atomic mass is 16.5. The average Bonchev–Trinajstić information content (AvgIpc) is 2.69. The summed E-state index contributed by atoms with van der Waals surface area (Å²) >= 11 is 0. The minimum atomic E-state index is -0.240. The molecule has 0 aliphatic carbocycles. The maximum atomic E-state index is 11.5. The van der Waals surface area contributed by atoms with Gasteiger partial charge in [-0.25, -0.2) is 0 Å². The van der Waals surface area contributed by atoms with Crippen LogP contribution in [0, 0.1) is 0 Å². The van der Waals surface area contributed by atoms with Gasteiger partial charge >= 0.3 is 0 Å². The van der Waals surface area contributed by atoms with Crippen molar-refractivity contribution in [3.05, 3.63) is 35.4 Å². The zero-order valence-corrected chi connectivity index (χ0v) is 17.6. The van der Waals surface area contributed by atoms with Gasteiger partial charge in [0, 0.05) is 19.4 Å². The van der Waals surface area contributed by atoms with Crippen molar-refractivity contribution < 1.29 is 19.1 Å². The first-order valence-electron chi connectivity index (χ1n) is 10.7. The monoisotopic (exact) mass is 388 g/mol. The maximum absolute atomic E-state index is 11.5. The second-order valence-electron chi connectivity index (χ2n) is 7.45. The van der Waals surface area contributed by atoms with Crippen molar-refractivity contribution in [2.45, 2.75) is 84.5 Å². The van der Waals surface area contributed by atoms with Gasteiger partial charge in [-0.05, 0) is 56.6 Å². The lowest BCUT2D eigenvalue weighted by Gasteiger charge is -2.10. The van der Waals surface area contributed by atoms with Crippen LogP contribution in [-0.2, 0) is 32.0 Å². The Hall–Kier alpha value is -1.81. The van der Waals surface area contributed by atoms with Crippen LogP contribution < -0.4 is 0 Å². The van der Waals surface area contributed by atoms with Crippen molar-refractivity contribution in [2.24, 2.45) is 0 Å². The van der Waals surface area contributed by atoms with E-state index in [1.807, 2.05) is 0 Å². The first-order valence-corrected chi connectivity index (χ1v) is 10.7. The highest BCUT2D eigenvalue weighted by Gasteiger charge is 2.10. The first kappa shape index (κ1) is 24.2. The number of aryl methyl sites for hydroxylation is 2. The van der Waals surface area contributed by atoms with E-state index in [2.05, 4.69) is 24.3 Å². The van der Waals surface area contributed by atoms with Gasteiger partial charge in [0.15, 0.2) is 17.3 Å². The molecule has 0 atom stereocenters. The Kier molecular flexibility index (Phi) is 13.1. The predicted molar refractivity (Wildman–Crippen MR) is 113 cm³/mol. The fraction of sp³-hybridized carbons (Fsp3) is 0.625. The average molecular weight is 389 g/mol. The van der Waals surface area contributed by atoms with Crippen LogP contribution in [0.15, 0.2) is 24.3 Å². The lowest BCUT2D eigenvalue weighted by molar-refractivity contribution is -0.136. The first-order chi connectivity index (χ1) is 13.5. The molecule has 0 aliphatic rings. The molecule has 1 aromatic carbocycles. The third kappa shape index (κ3) is 11.1. The topological polar surface area (TPSA) is 60.4 Å². The molecule has 0 unspecified atom stereocenters. The fourth-order valence-corrected chi connectivity index (χ4v) is 3.25. The molecule has 4 nitrogen and oxygen atoms in total. The highest BCUT2D eigenvalue weighted by molar-refractivity contribution is 6.37. The molecule has 0 N–H and O–H groups in total. The number of Topliss-reactive ketones (excluding diaryl/α,β-unsaturated/α-hetero) is 3. The SMILES string of the molecule is CCC(=O)C(=O)CCCCCc1ccccc1CCCCCCOCC(C)=O. The van der Waals surface area contributed by atoms with Crippen LogP contribution in [0.1, 0.15) is 82.8 Å². The van der Waals surface area contributed by atoms with Gasteiger partial charge in [-0.1, -0.05) is 50.5 Å². The van der Waals surface area contributed by atoms with Crippen molar-refractivity contribution in [3.63, 3.8) is 0 Å². The molecule has 0 amide bonds. The zero-order valence-electron chi connectivity index (χ0n) is 17.6. The van der Waals surface area contributed by atoms with Crippen LogP contribution in [-0.4, -0.2) is 30.6 Å². The summed E-state index contributed by atoms with van der Waals surface area (Å²) in [6.07, 6.45) is 10.1. The molecule has 0 saturated carbocycles. The molecular weight excluding hydrogens is 352 g/mol. The van der Waals surface area contributed by atoms with Crippen LogP contribution in [0.3, 0.4) is 0 Å². The van der Waals surface area contributed by atoms with Crippen LogP contribution >= 0.6 is 0 Å². The molecule has 1 aromatic rings. The standard InChI is InChI=1S/C24H36O4/c1-3-23(26)24(27)17-9-6-8-14-22-16-11-10-15-21(22)13-7-4-5-12-18-28-19-20(2)25/h10-11,15-16H,3-9,12-14,17-19H2,1-2H3. The molecule has 28 heavy (non-hydrogen) atoms. The van der Waals surface area contributed by atoms with E-state index in [-0.39, 0.29) is 24.0 Å². The van der Waals surface area contributed by atoms with Crippen molar-refractivity contribution in [2.75, 3.05) is 13.2 Å². The molecule has 4 heteroatoms. The maximum Gasteiger partial charge on any atom is 0.198 e. The summed E-state index contributed by atoms with van der Waals surface area (Å²) in [4.78, 5) is 33.6. The van der Waals surface area contributed by atoms with Crippen molar-refractivity contribution >= 4 is 17.3 Å². The van der Waals surface area contributed by atoms with Gasteiger partial charge in [-0.15, -0.1) is 0 Å². The van der Waals surface area contributed by atoms with Gasteiger partial charge in [-0.2, -0.15) is 0 Å². The van der Waals surface area contributed by atoms with E-state index in [0.29, 0.717) is 19.4 Å². The third-order valence-electron chi connectivity index (χ3n) is 4.89. The molecule has 1 rings (SSSR count). The Morgan fingerprint density at radius 3 is 1.93 bits per heavy atom. The summed E-state index contributed by atoms with van der Waals surface area (Å²) in [7, 11) is 0. The largest absolute Gasteiger partial charge is 0.374 e. The third-order valence-corrected chi connectivity index (χ3v) is 4.89. The van der Waals surface area contributed by atoms with E-state index < -0.39 is 0 Å². The summed E-state index contributed by atoms with van der Waals surface area (Å²) < 4.78 is 5.29. The van der Waals surface area contributed by atoms with E-state index in [1.165, 1.54) is 17.5 Å². The Morgan fingerprint density at radius 2 is 1.36 bits per heavy atom. The van der Waals surface area contributed by atoms with Gasteiger partial charge in [0.1, 0.15) is 6.61 Å². The molecule has 0 bridgehead atoms. The Bertz CT molecular complexity index is 606. The second-order valence-corrected chi connectivity index (χ2v) is 7.45. The number of ether oxygens (including phenoxy) is 1. The number of hydrogen-bond donors (Lipinski definition) is 0. The molecule has 0 radical (unpaired) electrons. The number of carbonyl (C=O) groups is 3. The highest BCUT2D eigenvalue weighted by Crippen LogP contribution is 2.16. The number of ketones is 3. The summed E-state index contributed by atoms with van der Waals surface area (Å²) in [5.74, 6) is -0.372. The van der Waals surface area contributed by atoms with Gasteiger partial charge in [0.2, 0.25) is 0 Å². The van der Waals surface area contributed by atoms with Crippen molar-refractivity contribution in [1.82, 2.24) is 0 Å². The summed E-state index contributed by atoms with van der Waals surface area (Å²) in [6, 6.07) is 8.61.